The predicted molar refractivity (Wildman–Crippen MR) is 91.8 cm³/mol. The van der Waals surface area contributed by atoms with E-state index in [0.717, 1.165) is 11.3 Å². The highest BCUT2D eigenvalue weighted by Gasteiger charge is 2.08. The Morgan fingerprint density at radius 3 is 2.10 bits per heavy atom. The third kappa shape index (κ3) is 3.82. The largest absolute Gasteiger partial charge is 0.467 e. The van der Waals surface area contributed by atoms with Gasteiger partial charge in [-0.2, -0.15) is 0 Å². The van der Waals surface area contributed by atoms with E-state index in [4.69, 9.17) is 4.52 Å². The van der Waals surface area contributed by atoms with E-state index >= 15 is 0 Å². The first kappa shape index (κ1) is 15.0. The van der Waals surface area contributed by atoms with E-state index in [0.29, 0.717) is 17.6 Å². The third-order valence-electron chi connectivity index (χ3n) is 2.69. The SMILES string of the molecule is CC#Cc1ccc(C(=O)c2ccc(OPI)cc2)cc1. The number of hydrogen-bond acceptors (Lipinski definition) is 2. The van der Waals surface area contributed by atoms with Gasteiger partial charge >= 0.3 is 0 Å². The van der Waals surface area contributed by atoms with E-state index < -0.39 is 0 Å². The molecule has 0 spiro atoms. The van der Waals surface area contributed by atoms with Crippen molar-refractivity contribution in [3.8, 4) is 17.6 Å². The minimum Gasteiger partial charge on any atom is -0.467 e. The van der Waals surface area contributed by atoms with Crippen molar-refractivity contribution in [3.05, 3.63) is 65.2 Å². The normalized spacial score (nSPS) is 10.1. The Labute approximate surface area is 133 Å². The quantitative estimate of drug-likeness (QED) is 0.328. The van der Waals surface area contributed by atoms with Gasteiger partial charge in [0.1, 0.15) is 12.2 Å². The number of ketones is 1. The minimum absolute atomic E-state index is 0.00415. The van der Waals surface area contributed by atoms with Gasteiger partial charge in [0.15, 0.2) is 5.78 Å². The van der Waals surface area contributed by atoms with Crippen molar-refractivity contribution in [1.82, 2.24) is 0 Å². The average molecular weight is 394 g/mol. The number of benzene rings is 2. The lowest BCUT2D eigenvalue weighted by Gasteiger charge is -2.04. The molecule has 0 aromatic heterocycles. The van der Waals surface area contributed by atoms with E-state index in [1.54, 1.807) is 31.2 Å². The molecule has 0 saturated carbocycles. The molecular formula is C16H12IO2P. The third-order valence-corrected chi connectivity index (χ3v) is 3.66. The molecule has 4 heteroatoms. The Morgan fingerprint density at radius 2 is 1.60 bits per heavy atom. The molecule has 2 aromatic carbocycles. The second-order valence-corrected chi connectivity index (χ2v) is 5.66. The Balaban J connectivity index is 2.19. The summed E-state index contributed by atoms with van der Waals surface area (Å²) in [4.78, 5) is 12.3. The monoisotopic (exact) mass is 394 g/mol. The zero-order valence-electron chi connectivity index (χ0n) is 10.8. The van der Waals surface area contributed by atoms with Crippen LogP contribution in [0.3, 0.4) is 0 Å². The number of halogens is 1. The number of rotatable bonds is 4. The first-order valence-electron chi connectivity index (χ1n) is 5.94. The molecule has 0 bridgehead atoms. The minimum atomic E-state index is 0.00415. The summed E-state index contributed by atoms with van der Waals surface area (Å²) in [5, 5.41) is 0. The molecule has 0 N–H and O–H groups in total. The van der Waals surface area contributed by atoms with Gasteiger partial charge in [0.25, 0.3) is 0 Å². The first-order valence-corrected chi connectivity index (χ1v) is 9.97. The molecule has 2 aromatic rings. The highest BCUT2D eigenvalue weighted by molar-refractivity contribution is 14.2. The van der Waals surface area contributed by atoms with Crippen LogP contribution in [0.4, 0.5) is 0 Å². The Bertz CT molecular complexity index is 652. The zero-order chi connectivity index (χ0) is 14.4. The Hall–Kier alpha value is -1.37. The van der Waals surface area contributed by atoms with Crippen LogP contribution in [0, 0.1) is 11.8 Å². The van der Waals surface area contributed by atoms with Gasteiger partial charge in [-0.05, 0) is 77.5 Å². The van der Waals surface area contributed by atoms with Crippen LogP contribution in [0.5, 0.6) is 5.75 Å². The Morgan fingerprint density at radius 1 is 1.05 bits per heavy atom. The molecule has 100 valence electrons. The Kier molecular flexibility index (Phi) is 5.58. The van der Waals surface area contributed by atoms with E-state index in [1.807, 2.05) is 24.3 Å². The maximum absolute atomic E-state index is 12.3. The molecule has 0 heterocycles. The summed E-state index contributed by atoms with van der Waals surface area (Å²) in [5.41, 5.74) is 2.23. The van der Waals surface area contributed by atoms with E-state index in [2.05, 4.69) is 33.9 Å². The fourth-order valence-corrected chi connectivity index (χ4v) is 2.72. The molecule has 0 aliphatic carbocycles. The van der Waals surface area contributed by atoms with Crippen molar-refractivity contribution >= 4 is 34.3 Å². The molecule has 0 radical (unpaired) electrons. The predicted octanol–water partition coefficient (Wildman–Crippen LogP) is 4.61. The van der Waals surface area contributed by atoms with Crippen molar-refractivity contribution in [2.24, 2.45) is 0 Å². The van der Waals surface area contributed by atoms with E-state index in [9.17, 15) is 4.79 Å². The second-order valence-electron chi connectivity index (χ2n) is 3.99. The molecule has 0 fully saturated rings. The average Bonchev–Trinajstić information content (AvgIpc) is 2.49. The van der Waals surface area contributed by atoms with Gasteiger partial charge in [-0.15, -0.1) is 5.92 Å². The lowest BCUT2D eigenvalue weighted by atomic mass is 10.0. The highest BCUT2D eigenvalue weighted by Crippen LogP contribution is 2.27. The molecule has 0 amide bonds. The summed E-state index contributed by atoms with van der Waals surface area (Å²) in [7, 11) is 0. The topological polar surface area (TPSA) is 26.3 Å². The van der Waals surface area contributed by atoms with Crippen LogP contribution in [0.15, 0.2) is 48.5 Å². The van der Waals surface area contributed by atoms with Gasteiger partial charge in [0.05, 0.1) is 0 Å². The van der Waals surface area contributed by atoms with Crippen molar-refractivity contribution in [3.63, 3.8) is 0 Å². The zero-order valence-corrected chi connectivity index (χ0v) is 14.0. The summed E-state index contributed by atoms with van der Waals surface area (Å²) in [6, 6.07) is 14.5. The van der Waals surface area contributed by atoms with Gasteiger partial charge < -0.3 is 4.52 Å². The van der Waals surface area contributed by atoms with Crippen molar-refractivity contribution in [2.45, 2.75) is 6.92 Å². The number of carbonyl (C=O) groups is 1. The second kappa shape index (κ2) is 7.42. The van der Waals surface area contributed by atoms with Gasteiger partial charge in [0, 0.05) is 16.7 Å². The molecular weight excluding hydrogens is 382 g/mol. The number of hydrogen-bond donors (Lipinski definition) is 0. The summed E-state index contributed by atoms with van der Waals surface area (Å²) in [6.45, 7) is 2.16. The first-order chi connectivity index (χ1) is 9.74. The van der Waals surface area contributed by atoms with Crippen LogP contribution < -0.4 is 4.52 Å². The fraction of sp³-hybridized carbons (Fsp3) is 0.0625. The van der Waals surface area contributed by atoms with Crippen LogP contribution >= 0.6 is 28.5 Å². The fourth-order valence-electron chi connectivity index (χ4n) is 1.73. The van der Waals surface area contributed by atoms with Crippen molar-refractivity contribution < 1.29 is 9.32 Å². The molecule has 2 nitrogen and oxygen atoms in total. The summed E-state index contributed by atoms with van der Waals surface area (Å²) < 4.78 is 5.38. The molecule has 1 unspecified atom stereocenters. The smallest absolute Gasteiger partial charge is 0.193 e. The summed E-state index contributed by atoms with van der Waals surface area (Å²) >= 11 is 2.16. The van der Waals surface area contributed by atoms with Crippen LogP contribution in [0.2, 0.25) is 0 Å². The summed E-state index contributed by atoms with van der Waals surface area (Å²) in [5.74, 6) is 6.58. The highest BCUT2D eigenvalue weighted by atomic mass is 127. The molecule has 0 aliphatic heterocycles. The van der Waals surface area contributed by atoms with Gasteiger partial charge in [-0.1, -0.05) is 5.92 Å². The van der Waals surface area contributed by atoms with Crippen LogP contribution in [-0.2, 0) is 0 Å². The molecule has 20 heavy (non-hydrogen) atoms. The van der Waals surface area contributed by atoms with E-state index in [-0.39, 0.29) is 5.78 Å². The maximum Gasteiger partial charge on any atom is 0.193 e. The summed E-state index contributed by atoms with van der Waals surface area (Å²) in [6.07, 6.45) is 0. The van der Waals surface area contributed by atoms with E-state index in [1.165, 1.54) is 0 Å². The van der Waals surface area contributed by atoms with Gasteiger partial charge in [-0.25, -0.2) is 0 Å². The molecule has 0 saturated heterocycles. The lowest BCUT2D eigenvalue weighted by molar-refractivity contribution is 0.103. The molecule has 0 aliphatic rings. The molecule has 2 rings (SSSR count). The molecule has 1 atom stereocenters. The number of carbonyl (C=O) groups excluding carboxylic acids is 1. The lowest BCUT2D eigenvalue weighted by Crippen LogP contribution is -2.00. The maximum atomic E-state index is 12.3. The standard InChI is InChI=1S/C16H12IO2P/c1-2-3-12-4-6-13(7-5-12)16(18)14-8-10-15(11-9-14)19-20-17/h4-11,20H,1H3. The van der Waals surface area contributed by atoms with Crippen molar-refractivity contribution in [2.75, 3.05) is 0 Å². The van der Waals surface area contributed by atoms with Crippen LogP contribution in [-0.4, -0.2) is 5.78 Å². The van der Waals surface area contributed by atoms with Crippen LogP contribution in [0.1, 0.15) is 28.4 Å². The van der Waals surface area contributed by atoms with Crippen molar-refractivity contribution in [1.29, 1.82) is 0 Å². The van der Waals surface area contributed by atoms with Crippen LogP contribution in [0.25, 0.3) is 0 Å². The van der Waals surface area contributed by atoms with Gasteiger partial charge in [-0.3, -0.25) is 4.79 Å². The van der Waals surface area contributed by atoms with Gasteiger partial charge in [0.2, 0.25) is 0 Å².